The molecule has 1 saturated heterocycles. The molecule has 0 bridgehead atoms. The number of nitrogens with zero attached hydrogens (tertiary/aromatic N) is 4. The molecule has 22 heavy (non-hydrogen) atoms. The Morgan fingerprint density at radius 3 is 2.55 bits per heavy atom. The molecule has 0 aromatic carbocycles. The van der Waals surface area contributed by atoms with Crippen LogP contribution in [0.1, 0.15) is 11.6 Å². The lowest BCUT2D eigenvalue weighted by Crippen LogP contribution is -2.48. The van der Waals surface area contributed by atoms with Crippen molar-refractivity contribution in [3.8, 4) is 0 Å². The minimum Gasteiger partial charge on any atom is -0.468 e. The van der Waals surface area contributed by atoms with E-state index in [2.05, 4.69) is 9.88 Å². The minimum atomic E-state index is -3.50. The molecule has 3 heterocycles. The zero-order valence-electron chi connectivity index (χ0n) is 12.8. The Morgan fingerprint density at radius 2 is 2.00 bits per heavy atom. The van der Waals surface area contributed by atoms with Gasteiger partial charge in [0.15, 0.2) is 5.03 Å². The summed E-state index contributed by atoms with van der Waals surface area (Å²) in [6.45, 7) is 4.82. The Labute approximate surface area is 130 Å². The van der Waals surface area contributed by atoms with E-state index in [0.717, 1.165) is 5.76 Å². The van der Waals surface area contributed by atoms with Gasteiger partial charge in [0.25, 0.3) is 10.0 Å². The average Bonchev–Trinajstić information content (AvgIpc) is 3.11. The number of imidazole rings is 1. The maximum absolute atomic E-state index is 12.6. The van der Waals surface area contributed by atoms with Crippen LogP contribution in [0.25, 0.3) is 0 Å². The first-order chi connectivity index (χ1) is 10.5. The molecule has 3 rings (SSSR count). The highest BCUT2D eigenvalue weighted by atomic mass is 32.2. The van der Waals surface area contributed by atoms with Gasteiger partial charge in [0.2, 0.25) is 0 Å². The predicted molar refractivity (Wildman–Crippen MR) is 80.7 cm³/mol. The van der Waals surface area contributed by atoms with E-state index >= 15 is 0 Å². The van der Waals surface area contributed by atoms with E-state index in [4.69, 9.17) is 4.42 Å². The van der Waals surface area contributed by atoms with Gasteiger partial charge in [-0.1, -0.05) is 0 Å². The molecule has 0 saturated carbocycles. The molecule has 7 nitrogen and oxygen atoms in total. The molecule has 120 valence electrons. The highest BCUT2D eigenvalue weighted by Crippen LogP contribution is 2.17. The van der Waals surface area contributed by atoms with E-state index in [1.54, 1.807) is 31.0 Å². The number of hydrogen-bond donors (Lipinski definition) is 0. The summed E-state index contributed by atoms with van der Waals surface area (Å²) < 4.78 is 33.7. The van der Waals surface area contributed by atoms with Crippen LogP contribution in [0.15, 0.2) is 34.0 Å². The second kappa shape index (κ2) is 5.86. The summed E-state index contributed by atoms with van der Waals surface area (Å²) in [5.41, 5.74) is 0. The molecule has 1 aliphatic heterocycles. The summed E-state index contributed by atoms with van der Waals surface area (Å²) in [6.07, 6.45) is 3.22. The molecule has 1 fully saturated rings. The second-order valence-electron chi connectivity index (χ2n) is 5.50. The quantitative estimate of drug-likeness (QED) is 0.833. The first-order valence-corrected chi connectivity index (χ1v) is 8.65. The molecule has 2 aromatic heterocycles. The lowest BCUT2D eigenvalue weighted by atomic mass is 10.3. The van der Waals surface area contributed by atoms with E-state index in [-0.39, 0.29) is 5.03 Å². The van der Waals surface area contributed by atoms with Crippen LogP contribution in [-0.4, -0.2) is 53.4 Å². The monoisotopic (exact) mass is 324 g/mol. The predicted octanol–water partition coefficient (Wildman–Crippen LogP) is 0.828. The number of sulfonamides is 1. The summed E-state index contributed by atoms with van der Waals surface area (Å²) >= 11 is 0. The second-order valence-corrected chi connectivity index (χ2v) is 7.38. The van der Waals surface area contributed by atoms with Gasteiger partial charge in [-0.05, 0) is 19.1 Å². The number of aromatic nitrogens is 2. The number of piperazine rings is 1. The zero-order valence-corrected chi connectivity index (χ0v) is 13.6. The molecule has 0 amide bonds. The third kappa shape index (κ3) is 2.94. The van der Waals surface area contributed by atoms with Crippen LogP contribution >= 0.6 is 0 Å². The molecule has 0 radical (unpaired) electrons. The van der Waals surface area contributed by atoms with Crippen LogP contribution in [-0.2, 0) is 23.6 Å². The standard InChI is InChI=1S/C14H20N4O3S/c1-12-15-14(11-16(12)2)22(19,20)18-7-5-17(6-8-18)10-13-4-3-9-21-13/h3-4,9,11H,5-8,10H2,1-2H3. The van der Waals surface area contributed by atoms with Crippen molar-refractivity contribution in [2.24, 2.45) is 7.05 Å². The zero-order chi connectivity index (χ0) is 15.7. The normalized spacial score (nSPS) is 17.9. The van der Waals surface area contributed by atoms with Crippen LogP contribution in [0, 0.1) is 6.92 Å². The maximum atomic E-state index is 12.6. The maximum Gasteiger partial charge on any atom is 0.262 e. The van der Waals surface area contributed by atoms with Crippen molar-refractivity contribution in [1.82, 2.24) is 18.8 Å². The Hall–Kier alpha value is -1.64. The highest BCUT2D eigenvalue weighted by molar-refractivity contribution is 7.89. The van der Waals surface area contributed by atoms with Crippen molar-refractivity contribution < 1.29 is 12.8 Å². The Balaban J connectivity index is 1.65. The van der Waals surface area contributed by atoms with Crippen LogP contribution in [0.2, 0.25) is 0 Å². The molecular formula is C14H20N4O3S. The molecule has 1 aliphatic rings. The number of hydrogen-bond acceptors (Lipinski definition) is 5. The number of furan rings is 1. The number of rotatable bonds is 4. The lowest BCUT2D eigenvalue weighted by Gasteiger charge is -2.32. The summed E-state index contributed by atoms with van der Waals surface area (Å²) in [7, 11) is -1.70. The van der Waals surface area contributed by atoms with Gasteiger partial charge < -0.3 is 8.98 Å². The van der Waals surface area contributed by atoms with Crippen molar-refractivity contribution in [2.45, 2.75) is 18.5 Å². The highest BCUT2D eigenvalue weighted by Gasteiger charge is 2.30. The smallest absolute Gasteiger partial charge is 0.262 e. The largest absolute Gasteiger partial charge is 0.468 e. The summed E-state index contributed by atoms with van der Waals surface area (Å²) in [5.74, 6) is 1.59. The molecule has 0 atom stereocenters. The van der Waals surface area contributed by atoms with Crippen molar-refractivity contribution in [3.63, 3.8) is 0 Å². The third-order valence-electron chi connectivity index (χ3n) is 3.98. The molecule has 0 unspecified atom stereocenters. The van der Waals surface area contributed by atoms with Gasteiger partial charge in [0.1, 0.15) is 11.6 Å². The van der Waals surface area contributed by atoms with Gasteiger partial charge in [-0.25, -0.2) is 13.4 Å². The first kappa shape index (κ1) is 15.3. The summed E-state index contributed by atoms with van der Waals surface area (Å²) in [6, 6.07) is 3.79. The SMILES string of the molecule is Cc1nc(S(=O)(=O)N2CCN(Cc3ccco3)CC2)cn1C. The fourth-order valence-corrected chi connectivity index (χ4v) is 3.98. The van der Waals surface area contributed by atoms with E-state index in [1.807, 2.05) is 12.1 Å². The fourth-order valence-electron chi connectivity index (χ4n) is 2.53. The molecule has 0 aliphatic carbocycles. The van der Waals surface area contributed by atoms with Gasteiger partial charge in [0, 0.05) is 39.4 Å². The van der Waals surface area contributed by atoms with E-state index in [9.17, 15) is 8.42 Å². The van der Waals surface area contributed by atoms with Crippen molar-refractivity contribution in [3.05, 3.63) is 36.2 Å². The van der Waals surface area contributed by atoms with Crippen molar-refractivity contribution >= 4 is 10.0 Å². The van der Waals surface area contributed by atoms with E-state index in [0.29, 0.717) is 38.5 Å². The van der Waals surface area contributed by atoms with E-state index in [1.165, 1.54) is 4.31 Å². The lowest BCUT2D eigenvalue weighted by molar-refractivity contribution is 0.171. The van der Waals surface area contributed by atoms with Crippen LogP contribution in [0.3, 0.4) is 0 Å². The summed E-state index contributed by atoms with van der Waals surface area (Å²) in [4.78, 5) is 6.33. The molecule has 8 heteroatoms. The van der Waals surface area contributed by atoms with Crippen LogP contribution in [0.5, 0.6) is 0 Å². The average molecular weight is 324 g/mol. The summed E-state index contributed by atoms with van der Waals surface area (Å²) in [5, 5.41) is 0.131. The van der Waals surface area contributed by atoms with E-state index < -0.39 is 10.0 Å². The van der Waals surface area contributed by atoms with Crippen LogP contribution < -0.4 is 0 Å². The van der Waals surface area contributed by atoms with Gasteiger partial charge in [-0.15, -0.1) is 0 Å². The number of aryl methyl sites for hydroxylation is 2. The molecular weight excluding hydrogens is 304 g/mol. The Kier molecular flexibility index (Phi) is 4.07. The third-order valence-corrected chi connectivity index (χ3v) is 5.75. The molecule has 0 N–H and O–H groups in total. The van der Waals surface area contributed by atoms with Gasteiger partial charge in [-0.3, -0.25) is 4.90 Å². The topological polar surface area (TPSA) is 71.6 Å². The fraction of sp³-hybridized carbons (Fsp3) is 0.500. The Bertz CT molecular complexity index is 709. The van der Waals surface area contributed by atoms with Crippen LogP contribution in [0.4, 0.5) is 0 Å². The van der Waals surface area contributed by atoms with Crippen molar-refractivity contribution in [2.75, 3.05) is 26.2 Å². The molecule has 0 spiro atoms. The minimum absolute atomic E-state index is 0.131. The van der Waals surface area contributed by atoms with Gasteiger partial charge in [0.05, 0.1) is 12.8 Å². The first-order valence-electron chi connectivity index (χ1n) is 7.21. The molecule has 2 aromatic rings. The van der Waals surface area contributed by atoms with Crippen molar-refractivity contribution in [1.29, 1.82) is 0 Å². The van der Waals surface area contributed by atoms with Gasteiger partial charge in [-0.2, -0.15) is 4.31 Å². The van der Waals surface area contributed by atoms with Gasteiger partial charge >= 0.3 is 0 Å². The Morgan fingerprint density at radius 1 is 1.27 bits per heavy atom.